The average molecular weight is 370 g/mol. The van der Waals surface area contributed by atoms with Crippen molar-refractivity contribution >= 4 is 12.1 Å². The van der Waals surface area contributed by atoms with Crippen molar-refractivity contribution in [3.8, 4) is 17.2 Å². The summed E-state index contributed by atoms with van der Waals surface area (Å²) in [4.78, 5) is 11.9. The molecular weight excluding hydrogens is 344 g/mol. The van der Waals surface area contributed by atoms with Gasteiger partial charge in [-0.15, -0.1) is 0 Å². The molecule has 0 saturated carbocycles. The molecule has 1 N–H and O–H groups in total. The number of methoxy groups -OCH3 is 2. The van der Waals surface area contributed by atoms with Crippen molar-refractivity contribution < 1.29 is 19.0 Å². The fraction of sp³-hybridized carbons (Fsp3) is 0.333. The number of ether oxygens (including phenoxy) is 3. The number of benzene rings is 2. The Balaban J connectivity index is 1.75. The predicted octanol–water partition coefficient (Wildman–Crippen LogP) is 3.58. The summed E-state index contributed by atoms with van der Waals surface area (Å²) >= 11 is 0. The molecule has 0 fully saturated rings. The van der Waals surface area contributed by atoms with E-state index in [1.165, 1.54) is 5.56 Å². The van der Waals surface area contributed by atoms with Crippen LogP contribution in [0.4, 0.5) is 0 Å². The Hall–Kier alpha value is -3.02. The molecule has 144 valence electrons. The number of carbonyl (C=O) groups is 1. The average Bonchev–Trinajstić information content (AvgIpc) is 2.69. The number of hydrogen-bond acceptors (Lipinski definition) is 5. The lowest BCUT2D eigenvalue weighted by Gasteiger charge is -2.07. The van der Waals surface area contributed by atoms with Gasteiger partial charge >= 0.3 is 0 Å². The first-order valence-corrected chi connectivity index (χ1v) is 8.92. The van der Waals surface area contributed by atoms with Gasteiger partial charge in [-0.2, -0.15) is 5.10 Å². The lowest BCUT2D eigenvalue weighted by molar-refractivity contribution is -0.121. The van der Waals surface area contributed by atoms with Crippen molar-refractivity contribution in [1.29, 1.82) is 0 Å². The molecule has 0 aliphatic carbocycles. The highest BCUT2D eigenvalue weighted by Gasteiger charge is 2.04. The molecule has 6 heteroatoms. The Labute approximate surface area is 160 Å². The van der Waals surface area contributed by atoms with Crippen LogP contribution in [-0.4, -0.2) is 32.9 Å². The normalized spacial score (nSPS) is 10.6. The Morgan fingerprint density at radius 2 is 1.81 bits per heavy atom. The second-order valence-corrected chi connectivity index (χ2v) is 5.84. The first-order valence-electron chi connectivity index (χ1n) is 8.92. The summed E-state index contributed by atoms with van der Waals surface area (Å²) in [7, 11) is 3.16. The van der Waals surface area contributed by atoms with E-state index in [4.69, 9.17) is 14.2 Å². The zero-order valence-electron chi connectivity index (χ0n) is 16.0. The lowest BCUT2D eigenvalue weighted by Crippen LogP contribution is -2.17. The van der Waals surface area contributed by atoms with Crippen molar-refractivity contribution in [1.82, 2.24) is 5.43 Å². The third-order valence-corrected chi connectivity index (χ3v) is 3.91. The fourth-order valence-corrected chi connectivity index (χ4v) is 2.54. The highest BCUT2D eigenvalue weighted by Crippen LogP contribution is 2.26. The van der Waals surface area contributed by atoms with Gasteiger partial charge < -0.3 is 14.2 Å². The van der Waals surface area contributed by atoms with E-state index in [9.17, 15) is 4.79 Å². The SMILES string of the molecule is CCOc1ccc(CCCC(=O)N/N=C/c2ccc(OC)c(OC)c2)cc1. The first kappa shape index (κ1) is 20.3. The van der Waals surface area contributed by atoms with E-state index in [1.807, 2.05) is 37.3 Å². The van der Waals surface area contributed by atoms with Crippen LogP contribution in [0.25, 0.3) is 0 Å². The molecule has 2 aromatic carbocycles. The monoisotopic (exact) mass is 370 g/mol. The van der Waals surface area contributed by atoms with E-state index >= 15 is 0 Å². The van der Waals surface area contributed by atoms with Crippen LogP contribution in [0.2, 0.25) is 0 Å². The van der Waals surface area contributed by atoms with Gasteiger partial charge in [-0.05, 0) is 61.2 Å². The van der Waals surface area contributed by atoms with E-state index in [1.54, 1.807) is 32.6 Å². The van der Waals surface area contributed by atoms with Crippen LogP contribution < -0.4 is 19.6 Å². The number of rotatable bonds is 10. The summed E-state index contributed by atoms with van der Waals surface area (Å²) in [6, 6.07) is 13.4. The third-order valence-electron chi connectivity index (χ3n) is 3.91. The maximum Gasteiger partial charge on any atom is 0.240 e. The number of nitrogens with one attached hydrogen (secondary N) is 1. The number of hydrogen-bond donors (Lipinski definition) is 1. The molecule has 2 rings (SSSR count). The molecule has 0 aromatic heterocycles. The number of amides is 1. The highest BCUT2D eigenvalue weighted by molar-refractivity contribution is 5.83. The van der Waals surface area contributed by atoms with E-state index in [2.05, 4.69) is 10.5 Å². The molecule has 0 radical (unpaired) electrons. The van der Waals surface area contributed by atoms with E-state index in [-0.39, 0.29) is 5.91 Å². The van der Waals surface area contributed by atoms with Crippen LogP contribution in [0.1, 0.15) is 30.9 Å². The molecule has 0 unspecified atom stereocenters. The third kappa shape index (κ3) is 6.66. The lowest BCUT2D eigenvalue weighted by atomic mass is 10.1. The van der Waals surface area contributed by atoms with Crippen LogP contribution >= 0.6 is 0 Å². The molecule has 6 nitrogen and oxygen atoms in total. The van der Waals surface area contributed by atoms with Gasteiger partial charge in [0.15, 0.2) is 11.5 Å². The quantitative estimate of drug-likeness (QED) is 0.513. The van der Waals surface area contributed by atoms with Gasteiger partial charge in [0, 0.05) is 6.42 Å². The van der Waals surface area contributed by atoms with Crippen molar-refractivity contribution in [2.45, 2.75) is 26.2 Å². The maximum atomic E-state index is 11.9. The molecule has 0 aliphatic rings. The smallest absolute Gasteiger partial charge is 0.240 e. The second kappa shape index (κ2) is 10.9. The summed E-state index contributed by atoms with van der Waals surface area (Å²) in [6.45, 7) is 2.61. The molecule has 0 spiro atoms. The highest BCUT2D eigenvalue weighted by atomic mass is 16.5. The first-order chi connectivity index (χ1) is 13.2. The molecule has 0 saturated heterocycles. The van der Waals surface area contributed by atoms with Crippen molar-refractivity contribution in [3.05, 3.63) is 53.6 Å². The minimum Gasteiger partial charge on any atom is -0.494 e. The maximum absolute atomic E-state index is 11.9. The second-order valence-electron chi connectivity index (χ2n) is 5.84. The van der Waals surface area contributed by atoms with Crippen LogP contribution in [0, 0.1) is 0 Å². The Bertz CT molecular complexity index is 757. The van der Waals surface area contributed by atoms with Gasteiger partial charge in [-0.25, -0.2) is 5.43 Å². The standard InChI is InChI=1S/C21H26N2O4/c1-4-27-18-11-8-16(9-12-18)6-5-7-21(24)23-22-15-17-10-13-19(25-2)20(14-17)26-3/h8-15H,4-7H2,1-3H3,(H,23,24)/b22-15+. The van der Waals surface area contributed by atoms with E-state index < -0.39 is 0 Å². The van der Waals surface area contributed by atoms with Gasteiger partial charge in [-0.3, -0.25) is 4.79 Å². The summed E-state index contributed by atoms with van der Waals surface area (Å²) < 4.78 is 15.8. The predicted molar refractivity (Wildman–Crippen MR) is 106 cm³/mol. The zero-order valence-corrected chi connectivity index (χ0v) is 16.0. The van der Waals surface area contributed by atoms with Crippen molar-refractivity contribution in [3.63, 3.8) is 0 Å². The van der Waals surface area contributed by atoms with E-state index in [0.717, 1.165) is 24.2 Å². The molecule has 0 bridgehead atoms. The van der Waals surface area contributed by atoms with Gasteiger partial charge in [0.1, 0.15) is 5.75 Å². The van der Waals surface area contributed by atoms with Crippen LogP contribution in [-0.2, 0) is 11.2 Å². The Morgan fingerprint density at radius 3 is 2.48 bits per heavy atom. The van der Waals surface area contributed by atoms with Crippen LogP contribution in [0.5, 0.6) is 17.2 Å². The van der Waals surface area contributed by atoms with Gasteiger partial charge in [0.2, 0.25) is 5.91 Å². The zero-order chi connectivity index (χ0) is 19.5. The molecule has 0 heterocycles. The van der Waals surface area contributed by atoms with Crippen LogP contribution in [0.3, 0.4) is 0 Å². The van der Waals surface area contributed by atoms with Gasteiger partial charge in [0.25, 0.3) is 0 Å². The number of hydrazone groups is 1. The summed E-state index contributed by atoms with van der Waals surface area (Å²) in [5, 5.41) is 3.99. The van der Waals surface area contributed by atoms with Gasteiger partial charge in [0.05, 0.1) is 27.0 Å². The molecule has 27 heavy (non-hydrogen) atoms. The molecular formula is C21H26N2O4. The number of nitrogens with zero attached hydrogens (tertiary/aromatic N) is 1. The Kier molecular flexibility index (Phi) is 8.16. The van der Waals surface area contributed by atoms with Crippen molar-refractivity contribution in [2.24, 2.45) is 5.10 Å². The van der Waals surface area contributed by atoms with E-state index in [0.29, 0.717) is 24.5 Å². The minimum absolute atomic E-state index is 0.113. The van der Waals surface area contributed by atoms with Gasteiger partial charge in [-0.1, -0.05) is 12.1 Å². The van der Waals surface area contributed by atoms with Crippen molar-refractivity contribution in [2.75, 3.05) is 20.8 Å². The molecule has 0 atom stereocenters. The minimum atomic E-state index is -0.113. The number of carbonyl (C=O) groups excluding carboxylic acids is 1. The fourth-order valence-electron chi connectivity index (χ4n) is 2.54. The van der Waals surface area contributed by atoms with Crippen LogP contribution in [0.15, 0.2) is 47.6 Å². The largest absolute Gasteiger partial charge is 0.494 e. The molecule has 2 aromatic rings. The molecule has 0 aliphatic heterocycles. The number of aryl methyl sites for hydroxylation is 1. The Morgan fingerprint density at radius 1 is 1.07 bits per heavy atom. The topological polar surface area (TPSA) is 69.2 Å². The summed E-state index contributed by atoms with van der Waals surface area (Å²) in [5.74, 6) is 2.01. The summed E-state index contributed by atoms with van der Waals surface area (Å²) in [5.41, 5.74) is 4.54. The molecule has 1 amide bonds. The summed E-state index contributed by atoms with van der Waals surface area (Å²) in [6.07, 6.45) is 3.58.